The molecule has 0 aliphatic carbocycles. The minimum absolute atomic E-state index is 0.0764. The summed E-state index contributed by atoms with van der Waals surface area (Å²) in [6.07, 6.45) is 0. The van der Waals surface area contributed by atoms with Gasteiger partial charge < -0.3 is 0 Å². The molecule has 4 N–H and O–H groups in total. The van der Waals surface area contributed by atoms with Crippen molar-refractivity contribution in [2.45, 2.75) is 18.1 Å². The number of carbonyl (C=O) groups is 1. The van der Waals surface area contributed by atoms with Crippen molar-refractivity contribution in [2.75, 3.05) is 5.32 Å². The van der Waals surface area contributed by atoms with Gasteiger partial charge in [0.25, 0.3) is 0 Å². The Kier molecular flexibility index (Phi) is 7.50. The zero-order chi connectivity index (χ0) is 19.3. The SMILES string of the molecule is CC(=O)Nc1ccccc1[As](=O)(O)OO.Cc1ncsc1S(=O)(=O)O. The van der Waals surface area contributed by atoms with Gasteiger partial charge in [0.15, 0.2) is 4.21 Å². The topological polar surface area (TPSA) is 163 Å². The summed E-state index contributed by atoms with van der Waals surface area (Å²) in [4.78, 5) is 14.5. The summed E-state index contributed by atoms with van der Waals surface area (Å²) in [6.45, 7) is 2.80. The minimum atomic E-state index is -4.92. The molecule has 0 saturated heterocycles. The quantitative estimate of drug-likeness (QED) is 0.222. The average Bonchev–Trinajstić information content (AvgIpc) is 2.94. The molecular formula is C12H15AsN2O8S2. The van der Waals surface area contributed by atoms with Crippen LogP contribution in [0.2, 0.25) is 0 Å². The van der Waals surface area contributed by atoms with Crippen molar-refractivity contribution >= 4 is 51.6 Å². The second-order valence-electron chi connectivity index (χ2n) is 4.50. The fourth-order valence-corrected chi connectivity index (χ4v) is 4.84. The van der Waals surface area contributed by atoms with E-state index in [1.807, 2.05) is 0 Å². The number of carbonyl (C=O) groups excluding carboxylic acids is 1. The molecule has 0 bridgehead atoms. The van der Waals surface area contributed by atoms with Gasteiger partial charge in [0.05, 0.1) is 11.2 Å². The van der Waals surface area contributed by atoms with E-state index in [0.717, 1.165) is 11.3 Å². The Morgan fingerprint density at radius 2 is 1.96 bits per heavy atom. The van der Waals surface area contributed by atoms with Crippen molar-refractivity contribution in [3.8, 4) is 0 Å². The number of benzene rings is 1. The molecule has 2 aromatic rings. The zero-order valence-corrected chi connectivity index (χ0v) is 16.5. The van der Waals surface area contributed by atoms with Crippen LogP contribution in [0.4, 0.5) is 5.69 Å². The van der Waals surface area contributed by atoms with Gasteiger partial charge in [0, 0.05) is 0 Å². The maximum atomic E-state index is 11.4. The summed E-state index contributed by atoms with van der Waals surface area (Å²) >= 11 is -4.02. The van der Waals surface area contributed by atoms with Gasteiger partial charge in [-0.05, 0) is 6.92 Å². The standard InChI is InChI=1S/C8H10AsNO5.C4H5NO3S2/c1-6(11)10-8-5-3-2-4-7(8)9(12,13)15-14;1-3-4(9-2-5-3)10(6,7)8/h2-5,14H,1H3,(H,10,11)(H,12,13);2H,1H3,(H,6,7,8). The summed E-state index contributed by atoms with van der Waals surface area (Å²) in [5, 5.41) is 10.7. The number of para-hydroxylation sites is 1. The minimum Gasteiger partial charge on any atom is -0.281 e. The van der Waals surface area contributed by atoms with E-state index in [1.54, 1.807) is 6.07 Å². The predicted molar refractivity (Wildman–Crippen MR) is 89.4 cm³/mol. The molecule has 138 valence electrons. The molecule has 0 spiro atoms. The van der Waals surface area contributed by atoms with Crippen LogP contribution in [0, 0.1) is 6.92 Å². The number of rotatable bonds is 4. The number of thiazole rings is 1. The van der Waals surface area contributed by atoms with E-state index in [2.05, 4.69) is 14.2 Å². The van der Waals surface area contributed by atoms with E-state index in [9.17, 15) is 21.0 Å². The Hall–Kier alpha value is -1.53. The van der Waals surface area contributed by atoms with Crippen molar-refractivity contribution in [1.82, 2.24) is 4.98 Å². The van der Waals surface area contributed by atoms with Gasteiger partial charge in [-0.3, -0.25) is 4.55 Å². The number of nitrogens with zero attached hydrogens (tertiary/aromatic N) is 1. The van der Waals surface area contributed by atoms with Gasteiger partial charge in [-0.2, -0.15) is 8.42 Å². The van der Waals surface area contributed by atoms with Crippen LogP contribution in [0.3, 0.4) is 0 Å². The van der Waals surface area contributed by atoms with Crippen LogP contribution in [-0.2, 0) is 22.5 Å². The Morgan fingerprint density at radius 1 is 1.36 bits per heavy atom. The third kappa shape index (κ3) is 6.36. The Bertz CT molecular complexity index is 896. The first kappa shape index (κ1) is 21.5. The van der Waals surface area contributed by atoms with Crippen LogP contribution in [0.15, 0.2) is 34.0 Å². The summed E-state index contributed by atoms with van der Waals surface area (Å²) in [7, 11) is -4.03. The first-order valence-electron chi connectivity index (χ1n) is 6.39. The fourth-order valence-electron chi connectivity index (χ4n) is 1.60. The second kappa shape index (κ2) is 8.72. The molecule has 10 nitrogen and oxygen atoms in total. The van der Waals surface area contributed by atoms with Crippen LogP contribution in [-0.4, -0.2) is 47.4 Å². The maximum absolute atomic E-state index is 11.4. The van der Waals surface area contributed by atoms with Crippen molar-refractivity contribution in [1.29, 1.82) is 0 Å². The van der Waals surface area contributed by atoms with Gasteiger partial charge in [-0.25, -0.2) is 4.98 Å². The Morgan fingerprint density at radius 3 is 2.36 bits per heavy atom. The molecule has 1 amide bonds. The van der Waals surface area contributed by atoms with E-state index in [0.29, 0.717) is 5.69 Å². The van der Waals surface area contributed by atoms with Crippen molar-refractivity contribution < 1.29 is 34.7 Å². The molecule has 1 heterocycles. The molecular weight excluding hydrogens is 439 g/mol. The fraction of sp³-hybridized carbons (Fsp3) is 0.167. The van der Waals surface area contributed by atoms with E-state index < -0.39 is 24.3 Å². The molecule has 0 fully saturated rings. The smallest absolute Gasteiger partial charge is 0.281 e. The van der Waals surface area contributed by atoms with Crippen molar-refractivity contribution in [3.63, 3.8) is 0 Å². The summed E-state index contributed by atoms with van der Waals surface area (Å²) in [6, 6.07) is 5.84. The molecule has 0 radical (unpaired) electrons. The van der Waals surface area contributed by atoms with Crippen molar-refractivity contribution in [2.24, 2.45) is 0 Å². The van der Waals surface area contributed by atoms with Gasteiger partial charge in [-0.1, -0.05) is 0 Å². The number of nitrogens with one attached hydrogen (secondary N) is 1. The molecule has 1 atom stereocenters. The van der Waals surface area contributed by atoms with Gasteiger partial charge in [0.1, 0.15) is 0 Å². The number of hydrogen-bond acceptors (Lipinski definition) is 8. The first-order valence-corrected chi connectivity index (χ1v) is 12.0. The Labute approximate surface area is 150 Å². The van der Waals surface area contributed by atoms with Crippen LogP contribution in [0.1, 0.15) is 12.6 Å². The van der Waals surface area contributed by atoms with E-state index in [4.69, 9.17) is 9.81 Å². The summed E-state index contributed by atoms with van der Waals surface area (Å²) < 4.78 is 53.4. The van der Waals surface area contributed by atoms with Crippen LogP contribution >= 0.6 is 11.3 Å². The summed E-state index contributed by atoms with van der Waals surface area (Å²) in [5.41, 5.74) is 1.87. The van der Waals surface area contributed by atoms with E-state index >= 15 is 0 Å². The molecule has 13 heteroatoms. The molecule has 1 aromatic heterocycles. The molecule has 2 rings (SSSR count). The first-order chi connectivity index (χ1) is 11.5. The molecule has 25 heavy (non-hydrogen) atoms. The average molecular weight is 454 g/mol. The van der Waals surface area contributed by atoms with E-state index in [1.165, 1.54) is 37.6 Å². The van der Waals surface area contributed by atoms with Crippen LogP contribution in [0.5, 0.6) is 0 Å². The van der Waals surface area contributed by atoms with Crippen LogP contribution < -0.4 is 9.67 Å². The second-order valence-corrected chi connectivity index (χ2v) is 10.5. The van der Waals surface area contributed by atoms with Crippen molar-refractivity contribution in [3.05, 3.63) is 35.5 Å². The predicted octanol–water partition coefficient (Wildman–Crippen LogP) is 0.402. The summed E-state index contributed by atoms with van der Waals surface area (Å²) in [5.74, 6) is -0.379. The van der Waals surface area contributed by atoms with Gasteiger partial charge in [0.2, 0.25) is 0 Å². The third-order valence-electron chi connectivity index (χ3n) is 2.57. The maximum Gasteiger partial charge on any atom is 0.305 e. The van der Waals surface area contributed by atoms with Gasteiger partial charge in [-0.15, -0.1) is 11.3 Å². The monoisotopic (exact) mass is 454 g/mol. The largest absolute Gasteiger partial charge is 0.305 e. The zero-order valence-electron chi connectivity index (χ0n) is 13.0. The number of aromatic nitrogens is 1. The number of anilines is 1. The molecule has 1 aromatic carbocycles. The molecule has 0 aliphatic rings. The van der Waals surface area contributed by atoms with Gasteiger partial charge >= 0.3 is 98.5 Å². The normalized spacial score (nSPS) is 13.3. The molecule has 0 aliphatic heterocycles. The number of aryl methyl sites for hydroxylation is 1. The van der Waals surface area contributed by atoms with Crippen LogP contribution in [0.25, 0.3) is 0 Å². The number of amides is 1. The molecule has 1 unspecified atom stereocenters. The Balaban J connectivity index is 0.000000271. The number of hydrogen-bond donors (Lipinski definition) is 4. The molecule has 0 saturated carbocycles. The third-order valence-corrected chi connectivity index (χ3v) is 7.53. The van der Waals surface area contributed by atoms with E-state index in [-0.39, 0.29) is 20.2 Å².